The van der Waals surface area contributed by atoms with Crippen LogP contribution >= 0.6 is 0 Å². The number of carbonyl (C=O) groups excluding carboxylic acids is 1. The summed E-state index contributed by atoms with van der Waals surface area (Å²) < 4.78 is 5.18. The van der Waals surface area contributed by atoms with Crippen LogP contribution in [0.4, 0.5) is 4.79 Å². The van der Waals surface area contributed by atoms with Gasteiger partial charge in [-0.3, -0.25) is 0 Å². The molecule has 6 heteroatoms. The summed E-state index contributed by atoms with van der Waals surface area (Å²) in [5.41, 5.74) is 1.26. The van der Waals surface area contributed by atoms with Gasteiger partial charge in [0.1, 0.15) is 0 Å². The second kappa shape index (κ2) is 8.14. The van der Waals surface area contributed by atoms with Crippen molar-refractivity contribution >= 4 is 6.03 Å². The highest BCUT2D eigenvalue weighted by Crippen LogP contribution is 2.34. The Morgan fingerprint density at radius 2 is 2.04 bits per heavy atom. The van der Waals surface area contributed by atoms with E-state index >= 15 is 0 Å². The Balaban J connectivity index is 1.43. The zero-order valence-corrected chi connectivity index (χ0v) is 14.9. The molecular formula is C19H26N4O2. The van der Waals surface area contributed by atoms with Gasteiger partial charge in [0, 0.05) is 24.9 Å². The Morgan fingerprint density at radius 3 is 2.68 bits per heavy atom. The van der Waals surface area contributed by atoms with Gasteiger partial charge in [-0.05, 0) is 30.7 Å². The first-order valence-corrected chi connectivity index (χ1v) is 9.02. The van der Waals surface area contributed by atoms with Crippen molar-refractivity contribution in [1.29, 1.82) is 0 Å². The van der Waals surface area contributed by atoms with Crippen molar-refractivity contribution in [2.24, 2.45) is 5.92 Å². The molecule has 134 valence electrons. The number of hydrogen-bond acceptors (Lipinski definition) is 4. The third-order valence-electron chi connectivity index (χ3n) is 4.43. The fourth-order valence-corrected chi connectivity index (χ4v) is 2.81. The van der Waals surface area contributed by atoms with Crippen LogP contribution in [-0.2, 0) is 12.8 Å². The van der Waals surface area contributed by atoms with E-state index in [2.05, 4.69) is 32.9 Å². The van der Waals surface area contributed by atoms with Crippen LogP contribution in [0.5, 0.6) is 0 Å². The summed E-state index contributed by atoms with van der Waals surface area (Å²) >= 11 is 0. The molecular weight excluding hydrogens is 316 g/mol. The molecule has 2 amide bonds. The quantitative estimate of drug-likeness (QED) is 0.773. The van der Waals surface area contributed by atoms with E-state index in [1.807, 2.05) is 32.0 Å². The van der Waals surface area contributed by atoms with Crippen molar-refractivity contribution < 1.29 is 9.32 Å². The van der Waals surface area contributed by atoms with Crippen molar-refractivity contribution in [1.82, 2.24) is 20.8 Å². The Morgan fingerprint density at radius 1 is 1.28 bits per heavy atom. The van der Waals surface area contributed by atoms with Crippen LogP contribution in [0, 0.1) is 5.92 Å². The van der Waals surface area contributed by atoms with Gasteiger partial charge in [0.25, 0.3) is 0 Å². The minimum absolute atomic E-state index is 0.128. The molecule has 2 N–H and O–H groups in total. The fraction of sp³-hybridized carbons (Fsp3) is 0.526. The molecule has 0 unspecified atom stereocenters. The van der Waals surface area contributed by atoms with Crippen molar-refractivity contribution in [3.63, 3.8) is 0 Å². The average molecular weight is 342 g/mol. The van der Waals surface area contributed by atoms with Crippen molar-refractivity contribution in [3.05, 3.63) is 47.6 Å². The van der Waals surface area contributed by atoms with E-state index in [4.69, 9.17) is 4.52 Å². The van der Waals surface area contributed by atoms with Gasteiger partial charge >= 0.3 is 6.03 Å². The van der Waals surface area contributed by atoms with Crippen LogP contribution in [-0.4, -0.2) is 28.8 Å². The van der Waals surface area contributed by atoms with E-state index in [0.717, 1.165) is 6.42 Å². The molecule has 1 aromatic carbocycles. The Kier molecular flexibility index (Phi) is 5.68. The molecule has 1 aliphatic rings. The largest absolute Gasteiger partial charge is 0.339 e. The molecule has 1 heterocycles. The van der Waals surface area contributed by atoms with Gasteiger partial charge in [0.2, 0.25) is 5.89 Å². The fourth-order valence-electron chi connectivity index (χ4n) is 2.81. The highest BCUT2D eigenvalue weighted by molar-refractivity contribution is 5.74. The van der Waals surface area contributed by atoms with E-state index in [-0.39, 0.29) is 18.0 Å². The molecule has 1 aromatic heterocycles. The van der Waals surface area contributed by atoms with E-state index < -0.39 is 0 Å². The number of urea groups is 1. The number of carbonyl (C=O) groups is 1. The summed E-state index contributed by atoms with van der Waals surface area (Å²) in [5.74, 6) is 2.10. The van der Waals surface area contributed by atoms with Gasteiger partial charge in [-0.2, -0.15) is 4.98 Å². The highest BCUT2D eigenvalue weighted by atomic mass is 16.5. The molecule has 1 aliphatic carbocycles. The molecule has 6 nitrogen and oxygen atoms in total. The van der Waals surface area contributed by atoms with Crippen LogP contribution in [0.25, 0.3) is 0 Å². The molecule has 0 radical (unpaired) electrons. The lowest BCUT2D eigenvalue weighted by Crippen LogP contribution is -2.44. The van der Waals surface area contributed by atoms with Crippen LogP contribution in [0.1, 0.15) is 49.9 Å². The van der Waals surface area contributed by atoms with Gasteiger partial charge < -0.3 is 15.2 Å². The van der Waals surface area contributed by atoms with E-state index in [9.17, 15) is 4.79 Å². The molecule has 0 spiro atoms. The molecule has 0 bridgehead atoms. The van der Waals surface area contributed by atoms with E-state index in [1.54, 1.807) is 0 Å². The normalized spacial score (nSPS) is 15.2. The second-order valence-corrected chi connectivity index (χ2v) is 6.98. The number of nitrogens with zero attached hydrogens (tertiary/aromatic N) is 2. The number of hydrogen-bond donors (Lipinski definition) is 2. The molecule has 1 fully saturated rings. The molecule has 2 aromatic rings. The van der Waals surface area contributed by atoms with Gasteiger partial charge in [0.15, 0.2) is 5.82 Å². The number of benzene rings is 1. The lowest BCUT2D eigenvalue weighted by Gasteiger charge is -2.18. The van der Waals surface area contributed by atoms with E-state index in [0.29, 0.717) is 30.6 Å². The number of amides is 2. The smallest absolute Gasteiger partial charge is 0.315 e. The summed E-state index contributed by atoms with van der Waals surface area (Å²) in [6.07, 6.45) is 3.80. The summed E-state index contributed by atoms with van der Waals surface area (Å²) in [6, 6.07) is 10.4. The number of rotatable bonds is 8. The van der Waals surface area contributed by atoms with Gasteiger partial charge in [0.05, 0.1) is 0 Å². The zero-order valence-electron chi connectivity index (χ0n) is 14.9. The zero-order chi connectivity index (χ0) is 17.6. The lowest BCUT2D eigenvalue weighted by atomic mass is 10.0. The minimum atomic E-state index is -0.128. The molecule has 0 saturated heterocycles. The molecule has 25 heavy (non-hydrogen) atoms. The summed E-state index contributed by atoms with van der Waals surface area (Å²) in [6.45, 7) is 4.52. The second-order valence-electron chi connectivity index (χ2n) is 6.98. The summed E-state index contributed by atoms with van der Waals surface area (Å²) in [7, 11) is 0. The summed E-state index contributed by atoms with van der Waals surface area (Å²) in [5, 5.41) is 9.94. The summed E-state index contributed by atoms with van der Waals surface area (Å²) in [4.78, 5) is 16.5. The van der Waals surface area contributed by atoms with Crippen LogP contribution in [0.2, 0.25) is 0 Å². The maximum atomic E-state index is 12.2. The van der Waals surface area contributed by atoms with Gasteiger partial charge in [-0.1, -0.05) is 49.3 Å². The van der Waals surface area contributed by atoms with Crippen LogP contribution in [0.15, 0.2) is 34.9 Å². The number of nitrogens with one attached hydrogen (secondary N) is 2. The van der Waals surface area contributed by atoms with E-state index in [1.165, 1.54) is 18.4 Å². The average Bonchev–Trinajstić information content (AvgIpc) is 3.34. The maximum Gasteiger partial charge on any atom is 0.315 e. The van der Waals surface area contributed by atoms with Crippen molar-refractivity contribution in [2.45, 2.75) is 51.5 Å². The minimum Gasteiger partial charge on any atom is -0.339 e. The van der Waals surface area contributed by atoms with Gasteiger partial charge in [-0.15, -0.1) is 0 Å². The first-order valence-electron chi connectivity index (χ1n) is 9.02. The van der Waals surface area contributed by atoms with Crippen molar-refractivity contribution in [3.8, 4) is 0 Å². The third-order valence-corrected chi connectivity index (χ3v) is 4.43. The Labute approximate surface area is 148 Å². The number of aromatic nitrogens is 2. The third kappa shape index (κ3) is 5.31. The van der Waals surface area contributed by atoms with Crippen molar-refractivity contribution in [2.75, 3.05) is 6.54 Å². The SMILES string of the molecule is CC(C)c1noc(CCNC(=O)N[C@H](Cc2ccccc2)C2CC2)n1. The molecule has 0 aliphatic heterocycles. The van der Waals surface area contributed by atoms with Crippen LogP contribution < -0.4 is 10.6 Å². The van der Waals surface area contributed by atoms with Crippen LogP contribution in [0.3, 0.4) is 0 Å². The monoisotopic (exact) mass is 342 g/mol. The maximum absolute atomic E-state index is 12.2. The Bertz CT molecular complexity index is 680. The predicted molar refractivity (Wildman–Crippen MR) is 95.3 cm³/mol. The predicted octanol–water partition coefficient (Wildman–Crippen LogP) is 3.06. The molecule has 1 atom stereocenters. The first-order chi connectivity index (χ1) is 12.1. The molecule has 3 rings (SSSR count). The molecule has 1 saturated carbocycles. The Hall–Kier alpha value is -2.37. The first kappa shape index (κ1) is 17.5. The lowest BCUT2D eigenvalue weighted by molar-refractivity contribution is 0.235. The standard InChI is InChI=1S/C19H26N4O2/c1-13(2)18-22-17(25-23-18)10-11-20-19(24)21-16(15-8-9-15)12-14-6-4-3-5-7-14/h3-7,13,15-16H,8-12H2,1-2H3,(H2,20,21,24)/t16-/m1/s1. The topological polar surface area (TPSA) is 80.0 Å². The highest BCUT2D eigenvalue weighted by Gasteiger charge is 2.32. The van der Waals surface area contributed by atoms with Gasteiger partial charge in [-0.25, -0.2) is 4.79 Å².